The lowest BCUT2D eigenvalue weighted by molar-refractivity contribution is 0.0751. The van der Waals surface area contributed by atoms with E-state index in [4.69, 9.17) is 4.74 Å². The summed E-state index contributed by atoms with van der Waals surface area (Å²) in [5.74, 6) is 1.96. The molecular weight excluding hydrogens is 186 g/mol. The third-order valence-corrected chi connectivity index (χ3v) is 3.34. The summed E-state index contributed by atoms with van der Waals surface area (Å²) in [4.78, 5) is 2.15. The van der Waals surface area contributed by atoms with Crippen LogP contribution in [0.4, 0.5) is 0 Å². The van der Waals surface area contributed by atoms with Gasteiger partial charge in [-0.15, -0.1) is 0 Å². The quantitative estimate of drug-likeness (QED) is 0.690. The lowest BCUT2D eigenvalue weighted by Gasteiger charge is -2.28. The van der Waals surface area contributed by atoms with Gasteiger partial charge in [-0.1, -0.05) is 6.92 Å². The largest absolute Gasteiger partial charge is 0.491 e. The van der Waals surface area contributed by atoms with E-state index in [2.05, 4.69) is 37.2 Å². The van der Waals surface area contributed by atoms with Crippen molar-refractivity contribution in [3.8, 4) is 0 Å². The van der Waals surface area contributed by atoms with Crippen molar-refractivity contribution in [3.63, 3.8) is 0 Å². The normalized spacial score (nSPS) is 31.3. The summed E-state index contributed by atoms with van der Waals surface area (Å²) in [6.45, 7) is 3.31. The zero-order valence-electron chi connectivity index (χ0n) is 9.78. The molecule has 0 spiro atoms. The van der Waals surface area contributed by atoms with Gasteiger partial charge in [0.05, 0.1) is 6.10 Å². The molecule has 0 aromatic heterocycles. The molecule has 2 heteroatoms. The minimum Gasteiger partial charge on any atom is -0.491 e. The van der Waals surface area contributed by atoms with E-state index in [0.29, 0.717) is 6.10 Å². The number of hydrogen-bond donors (Lipinski definition) is 0. The van der Waals surface area contributed by atoms with Crippen molar-refractivity contribution < 1.29 is 4.74 Å². The Labute approximate surface area is 92.6 Å². The van der Waals surface area contributed by atoms with E-state index in [0.717, 1.165) is 18.2 Å². The van der Waals surface area contributed by atoms with E-state index < -0.39 is 0 Å². The Kier molecular flexibility index (Phi) is 3.34. The molecule has 1 heterocycles. The van der Waals surface area contributed by atoms with Crippen LogP contribution < -0.4 is 0 Å². The Morgan fingerprint density at radius 1 is 1.27 bits per heavy atom. The number of rotatable bonds is 2. The minimum absolute atomic E-state index is 0.459. The van der Waals surface area contributed by atoms with E-state index in [1.807, 2.05) is 0 Å². The highest BCUT2D eigenvalue weighted by atomic mass is 16.5. The molecule has 84 valence electrons. The summed E-state index contributed by atoms with van der Waals surface area (Å²) >= 11 is 0. The first kappa shape index (κ1) is 10.6. The maximum atomic E-state index is 5.98. The van der Waals surface area contributed by atoms with Gasteiger partial charge >= 0.3 is 0 Å². The molecule has 1 saturated carbocycles. The van der Waals surface area contributed by atoms with Gasteiger partial charge in [-0.3, -0.25) is 0 Å². The summed E-state index contributed by atoms with van der Waals surface area (Å²) in [5.41, 5.74) is 0. The van der Waals surface area contributed by atoms with E-state index in [-0.39, 0.29) is 0 Å². The Hall–Kier alpha value is -0.920. The van der Waals surface area contributed by atoms with Gasteiger partial charge in [0.1, 0.15) is 5.76 Å². The molecule has 0 unspecified atom stereocenters. The van der Waals surface area contributed by atoms with Gasteiger partial charge < -0.3 is 9.64 Å². The van der Waals surface area contributed by atoms with Crippen molar-refractivity contribution in [2.45, 2.75) is 38.7 Å². The van der Waals surface area contributed by atoms with Gasteiger partial charge in [0.2, 0.25) is 0 Å². The van der Waals surface area contributed by atoms with Crippen molar-refractivity contribution in [1.29, 1.82) is 0 Å². The molecule has 15 heavy (non-hydrogen) atoms. The fourth-order valence-electron chi connectivity index (χ4n) is 2.19. The van der Waals surface area contributed by atoms with Crippen LogP contribution in [0.5, 0.6) is 0 Å². The first-order chi connectivity index (χ1) is 7.24. The number of nitrogens with zero attached hydrogens (tertiary/aromatic N) is 1. The topological polar surface area (TPSA) is 12.5 Å². The lowest BCUT2D eigenvalue weighted by Crippen LogP contribution is -2.21. The molecule has 1 fully saturated rings. The number of likely N-dealkylation sites (N-methyl/N-ethyl adjacent to an activating group) is 1. The van der Waals surface area contributed by atoms with E-state index >= 15 is 0 Å². The Bertz CT molecular complexity index is 262. The maximum Gasteiger partial charge on any atom is 0.118 e. The van der Waals surface area contributed by atoms with Crippen LogP contribution in [0.15, 0.2) is 24.1 Å². The SMILES string of the molecule is CC1CCC(OC2=CCN(C)C=C2)CC1. The van der Waals surface area contributed by atoms with Crippen LogP contribution in [-0.2, 0) is 4.74 Å². The Morgan fingerprint density at radius 3 is 2.60 bits per heavy atom. The second kappa shape index (κ2) is 4.73. The molecule has 1 aliphatic heterocycles. The molecule has 0 aromatic rings. The van der Waals surface area contributed by atoms with Crippen LogP contribution >= 0.6 is 0 Å². The van der Waals surface area contributed by atoms with E-state index in [1.165, 1.54) is 25.7 Å². The van der Waals surface area contributed by atoms with Gasteiger partial charge in [0.15, 0.2) is 0 Å². The van der Waals surface area contributed by atoms with E-state index in [9.17, 15) is 0 Å². The molecule has 0 saturated heterocycles. The lowest BCUT2D eigenvalue weighted by atomic mass is 9.89. The van der Waals surface area contributed by atoms with Crippen molar-refractivity contribution in [1.82, 2.24) is 4.90 Å². The van der Waals surface area contributed by atoms with Gasteiger partial charge in [0, 0.05) is 19.8 Å². The smallest absolute Gasteiger partial charge is 0.118 e. The summed E-state index contributed by atoms with van der Waals surface area (Å²) in [7, 11) is 2.08. The summed E-state index contributed by atoms with van der Waals surface area (Å²) in [6.07, 6.45) is 11.9. The molecule has 2 aliphatic rings. The highest BCUT2D eigenvalue weighted by Crippen LogP contribution is 2.27. The predicted molar refractivity (Wildman–Crippen MR) is 62.4 cm³/mol. The Morgan fingerprint density at radius 2 is 2.00 bits per heavy atom. The van der Waals surface area contributed by atoms with Crippen molar-refractivity contribution in [2.75, 3.05) is 13.6 Å². The number of hydrogen-bond acceptors (Lipinski definition) is 2. The predicted octanol–water partition coefficient (Wildman–Crippen LogP) is 2.92. The molecule has 0 aromatic carbocycles. The van der Waals surface area contributed by atoms with Crippen LogP contribution in [0.3, 0.4) is 0 Å². The number of ether oxygens (including phenoxy) is 1. The van der Waals surface area contributed by atoms with Crippen LogP contribution in [0, 0.1) is 5.92 Å². The number of allylic oxidation sites excluding steroid dienone is 1. The van der Waals surface area contributed by atoms with E-state index in [1.54, 1.807) is 0 Å². The highest BCUT2D eigenvalue weighted by Gasteiger charge is 2.19. The van der Waals surface area contributed by atoms with Crippen LogP contribution in [-0.4, -0.2) is 24.6 Å². The summed E-state index contributed by atoms with van der Waals surface area (Å²) in [5, 5.41) is 0. The molecule has 0 bridgehead atoms. The van der Waals surface area contributed by atoms with Gasteiger partial charge in [-0.25, -0.2) is 0 Å². The van der Waals surface area contributed by atoms with Crippen LogP contribution in [0.1, 0.15) is 32.6 Å². The molecule has 0 N–H and O–H groups in total. The average Bonchev–Trinajstić information content (AvgIpc) is 2.25. The molecule has 0 atom stereocenters. The average molecular weight is 207 g/mol. The van der Waals surface area contributed by atoms with Gasteiger partial charge in [-0.05, 0) is 43.8 Å². The first-order valence-corrected chi connectivity index (χ1v) is 5.99. The molecule has 2 nitrogen and oxygen atoms in total. The monoisotopic (exact) mass is 207 g/mol. The third kappa shape index (κ3) is 3.01. The maximum absolute atomic E-state index is 5.98. The van der Waals surface area contributed by atoms with Gasteiger partial charge in [0.25, 0.3) is 0 Å². The van der Waals surface area contributed by atoms with Crippen molar-refractivity contribution in [3.05, 3.63) is 24.1 Å². The second-order valence-corrected chi connectivity index (χ2v) is 4.86. The van der Waals surface area contributed by atoms with Crippen molar-refractivity contribution >= 4 is 0 Å². The van der Waals surface area contributed by atoms with Gasteiger partial charge in [-0.2, -0.15) is 0 Å². The zero-order chi connectivity index (χ0) is 10.7. The van der Waals surface area contributed by atoms with Crippen LogP contribution in [0.2, 0.25) is 0 Å². The molecule has 2 rings (SSSR count). The fourth-order valence-corrected chi connectivity index (χ4v) is 2.19. The third-order valence-electron chi connectivity index (χ3n) is 3.34. The highest BCUT2D eigenvalue weighted by molar-refractivity contribution is 5.16. The summed E-state index contributed by atoms with van der Waals surface area (Å²) < 4.78 is 5.98. The molecule has 1 aliphatic carbocycles. The molecule has 0 amide bonds. The molecule has 0 radical (unpaired) electrons. The Balaban J connectivity index is 1.80. The molecular formula is C13H21NO. The fraction of sp³-hybridized carbons (Fsp3) is 0.692. The zero-order valence-corrected chi connectivity index (χ0v) is 9.78. The van der Waals surface area contributed by atoms with Crippen LogP contribution in [0.25, 0.3) is 0 Å². The first-order valence-electron chi connectivity index (χ1n) is 5.99. The second-order valence-electron chi connectivity index (χ2n) is 4.86. The van der Waals surface area contributed by atoms with Crippen molar-refractivity contribution in [2.24, 2.45) is 5.92 Å². The standard InChI is InChI=1S/C13H21NO/c1-11-3-5-12(6-4-11)15-13-7-9-14(2)10-8-13/h7-9,11-12H,3-6,10H2,1-2H3. The minimum atomic E-state index is 0.459. The summed E-state index contributed by atoms with van der Waals surface area (Å²) in [6, 6.07) is 0.